The largest absolute Gasteiger partial charge is 0.397 e. The first-order valence-corrected chi connectivity index (χ1v) is 10.1. The Morgan fingerprint density at radius 3 is 2.75 bits per heavy atom. The summed E-state index contributed by atoms with van der Waals surface area (Å²) >= 11 is 1.35. The van der Waals surface area contributed by atoms with Crippen molar-refractivity contribution >= 4 is 33.1 Å². The number of pyridine rings is 1. The zero-order valence-corrected chi connectivity index (χ0v) is 16.8. The number of rotatable bonds is 4. The summed E-state index contributed by atoms with van der Waals surface area (Å²) < 4.78 is 13.2. The van der Waals surface area contributed by atoms with E-state index in [9.17, 15) is 9.18 Å². The van der Waals surface area contributed by atoms with Gasteiger partial charge in [0.25, 0.3) is 5.91 Å². The third kappa shape index (κ3) is 3.47. The molecule has 1 saturated heterocycles. The quantitative estimate of drug-likeness (QED) is 0.720. The summed E-state index contributed by atoms with van der Waals surface area (Å²) in [6.07, 6.45) is 2.13. The first-order valence-electron chi connectivity index (χ1n) is 9.33. The van der Waals surface area contributed by atoms with Crippen molar-refractivity contribution in [1.82, 2.24) is 14.8 Å². The van der Waals surface area contributed by atoms with Crippen LogP contribution in [0.5, 0.6) is 0 Å². The standard InChI is InChI=1S/C21H23FN4OS/c1-25(2)21(27)19-18(23)15-9-10-16(24-20(15)28-19)17-4-3-11-26(17)12-13-5-7-14(22)8-6-13/h5-10,17H,3-4,11-12,23H2,1-2H3/t17-/m0/s1. The lowest BCUT2D eigenvalue weighted by atomic mass is 10.1. The Hall–Kier alpha value is -2.51. The normalized spacial score (nSPS) is 17.3. The monoisotopic (exact) mass is 398 g/mol. The molecule has 0 spiro atoms. The van der Waals surface area contributed by atoms with Gasteiger partial charge in [-0.05, 0) is 49.2 Å². The number of nitrogens with two attached hydrogens (primary N) is 1. The number of nitrogens with zero attached hydrogens (tertiary/aromatic N) is 3. The van der Waals surface area contributed by atoms with Crippen molar-refractivity contribution in [3.8, 4) is 0 Å². The fourth-order valence-electron chi connectivity index (χ4n) is 3.73. The van der Waals surface area contributed by atoms with Gasteiger partial charge in [-0.25, -0.2) is 9.37 Å². The average Bonchev–Trinajstić information content (AvgIpc) is 3.27. The molecule has 5 nitrogen and oxygen atoms in total. The van der Waals surface area contributed by atoms with E-state index < -0.39 is 0 Å². The lowest BCUT2D eigenvalue weighted by molar-refractivity contribution is 0.0833. The summed E-state index contributed by atoms with van der Waals surface area (Å²) in [4.78, 5) is 22.5. The van der Waals surface area contributed by atoms with Crippen LogP contribution in [0.1, 0.15) is 39.8 Å². The molecular weight excluding hydrogens is 375 g/mol. The van der Waals surface area contributed by atoms with Crippen LogP contribution in [-0.4, -0.2) is 41.3 Å². The lowest BCUT2D eigenvalue weighted by Gasteiger charge is -2.24. The Morgan fingerprint density at radius 2 is 2.04 bits per heavy atom. The van der Waals surface area contributed by atoms with Gasteiger partial charge in [0.15, 0.2) is 0 Å². The molecule has 2 aromatic heterocycles. The number of aromatic nitrogens is 1. The zero-order chi connectivity index (χ0) is 19.8. The molecule has 146 valence electrons. The van der Waals surface area contributed by atoms with Crippen molar-refractivity contribution in [2.75, 3.05) is 26.4 Å². The van der Waals surface area contributed by atoms with Gasteiger partial charge in [0.05, 0.1) is 17.4 Å². The number of benzene rings is 1. The molecule has 0 unspecified atom stereocenters. The van der Waals surface area contributed by atoms with Crippen LogP contribution in [0.3, 0.4) is 0 Å². The Bertz CT molecular complexity index is 1020. The molecule has 0 saturated carbocycles. The van der Waals surface area contributed by atoms with Gasteiger partial charge in [-0.3, -0.25) is 9.69 Å². The number of hydrogen-bond acceptors (Lipinski definition) is 5. The lowest BCUT2D eigenvalue weighted by Crippen LogP contribution is -2.23. The third-order valence-electron chi connectivity index (χ3n) is 5.22. The van der Waals surface area contributed by atoms with Gasteiger partial charge < -0.3 is 10.6 Å². The van der Waals surface area contributed by atoms with Gasteiger partial charge in [0.2, 0.25) is 0 Å². The topological polar surface area (TPSA) is 62.5 Å². The number of anilines is 1. The van der Waals surface area contributed by atoms with Crippen molar-refractivity contribution in [1.29, 1.82) is 0 Å². The van der Waals surface area contributed by atoms with E-state index in [4.69, 9.17) is 10.7 Å². The third-order valence-corrected chi connectivity index (χ3v) is 6.32. The second kappa shape index (κ2) is 7.48. The molecule has 1 aliphatic heterocycles. The smallest absolute Gasteiger partial charge is 0.265 e. The number of thiophene rings is 1. The summed E-state index contributed by atoms with van der Waals surface area (Å²) in [5.74, 6) is -0.312. The van der Waals surface area contributed by atoms with Crippen LogP contribution in [0.15, 0.2) is 36.4 Å². The molecular formula is C21H23FN4OS. The van der Waals surface area contributed by atoms with E-state index in [0.29, 0.717) is 10.6 Å². The molecule has 1 aromatic carbocycles. The summed E-state index contributed by atoms with van der Waals surface area (Å²) in [6, 6.07) is 10.9. The van der Waals surface area contributed by atoms with Crippen LogP contribution in [0.2, 0.25) is 0 Å². The number of halogens is 1. The molecule has 28 heavy (non-hydrogen) atoms. The predicted octanol–water partition coefficient (Wildman–Crippen LogP) is 4.06. The summed E-state index contributed by atoms with van der Waals surface area (Å²) in [5, 5.41) is 0.835. The maximum absolute atomic E-state index is 13.2. The second-order valence-electron chi connectivity index (χ2n) is 7.39. The molecule has 2 N–H and O–H groups in total. The average molecular weight is 399 g/mol. The van der Waals surface area contributed by atoms with Crippen molar-refractivity contribution in [2.24, 2.45) is 0 Å². The highest BCUT2D eigenvalue weighted by molar-refractivity contribution is 7.21. The van der Waals surface area contributed by atoms with Gasteiger partial charge >= 0.3 is 0 Å². The number of likely N-dealkylation sites (tertiary alicyclic amines) is 1. The van der Waals surface area contributed by atoms with Crippen molar-refractivity contribution < 1.29 is 9.18 Å². The summed E-state index contributed by atoms with van der Waals surface area (Å²) in [7, 11) is 3.44. The maximum Gasteiger partial charge on any atom is 0.265 e. The number of fused-ring (bicyclic) bond motifs is 1. The zero-order valence-electron chi connectivity index (χ0n) is 16.0. The van der Waals surface area contributed by atoms with Crippen molar-refractivity contribution in [2.45, 2.75) is 25.4 Å². The van der Waals surface area contributed by atoms with Gasteiger partial charge in [-0.15, -0.1) is 11.3 Å². The molecule has 1 atom stereocenters. The van der Waals surface area contributed by atoms with Crippen LogP contribution in [0.4, 0.5) is 10.1 Å². The minimum Gasteiger partial charge on any atom is -0.397 e. The number of carbonyl (C=O) groups excluding carboxylic acids is 1. The molecule has 7 heteroatoms. The van der Waals surface area contributed by atoms with E-state index >= 15 is 0 Å². The molecule has 0 radical (unpaired) electrons. The van der Waals surface area contributed by atoms with E-state index in [1.165, 1.54) is 28.4 Å². The first kappa shape index (κ1) is 18.8. The second-order valence-corrected chi connectivity index (χ2v) is 8.39. The van der Waals surface area contributed by atoms with Gasteiger partial charge in [0, 0.05) is 26.0 Å². The van der Waals surface area contributed by atoms with E-state index in [0.717, 1.165) is 47.4 Å². The minimum absolute atomic E-state index is 0.0964. The molecule has 0 bridgehead atoms. The molecule has 1 fully saturated rings. The number of nitrogen functional groups attached to an aromatic ring is 1. The van der Waals surface area contributed by atoms with Crippen molar-refractivity contribution in [3.63, 3.8) is 0 Å². The highest BCUT2D eigenvalue weighted by Crippen LogP contribution is 2.37. The molecule has 1 amide bonds. The van der Waals surface area contributed by atoms with Gasteiger partial charge in [0.1, 0.15) is 15.5 Å². The van der Waals surface area contributed by atoms with E-state index in [-0.39, 0.29) is 17.8 Å². The number of amides is 1. The van der Waals surface area contributed by atoms with Crippen LogP contribution in [-0.2, 0) is 6.54 Å². The van der Waals surface area contributed by atoms with Crippen LogP contribution in [0.25, 0.3) is 10.2 Å². The van der Waals surface area contributed by atoms with E-state index in [1.807, 2.05) is 24.3 Å². The Balaban J connectivity index is 1.62. The highest BCUT2D eigenvalue weighted by atomic mass is 32.1. The van der Waals surface area contributed by atoms with Gasteiger partial charge in [-0.1, -0.05) is 12.1 Å². The minimum atomic E-state index is -0.216. The van der Waals surface area contributed by atoms with Crippen LogP contribution in [0, 0.1) is 5.82 Å². The maximum atomic E-state index is 13.2. The van der Waals surface area contributed by atoms with E-state index in [2.05, 4.69) is 4.90 Å². The summed E-state index contributed by atoms with van der Waals surface area (Å²) in [5.41, 5.74) is 8.80. The highest BCUT2D eigenvalue weighted by Gasteiger charge is 2.28. The van der Waals surface area contributed by atoms with Crippen molar-refractivity contribution in [3.05, 3.63) is 58.3 Å². The van der Waals surface area contributed by atoms with E-state index in [1.54, 1.807) is 14.1 Å². The molecule has 1 aliphatic rings. The fourth-order valence-corrected chi connectivity index (χ4v) is 4.86. The Kier molecular flexibility index (Phi) is 5.03. The summed E-state index contributed by atoms with van der Waals surface area (Å²) in [6.45, 7) is 1.75. The number of carbonyl (C=O) groups is 1. The predicted molar refractivity (Wildman–Crippen MR) is 111 cm³/mol. The SMILES string of the molecule is CN(C)C(=O)c1sc2nc([C@@H]3CCCN3Cc3ccc(F)cc3)ccc2c1N. The number of hydrogen-bond donors (Lipinski definition) is 1. The Morgan fingerprint density at radius 1 is 1.29 bits per heavy atom. The Labute approximate surface area is 167 Å². The molecule has 3 aromatic rings. The van der Waals surface area contributed by atoms with Crippen LogP contribution >= 0.6 is 11.3 Å². The van der Waals surface area contributed by atoms with Gasteiger partial charge in [-0.2, -0.15) is 0 Å². The van der Waals surface area contributed by atoms with Crippen LogP contribution < -0.4 is 5.73 Å². The molecule has 3 heterocycles. The first-order chi connectivity index (χ1) is 13.4. The fraction of sp³-hybridized carbons (Fsp3) is 0.333. The molecule has 4 rings (SSSR count). The molecule has 0 aliphatic carbocycles.